The minimum absolute atomic E-state index is 0.177. The molecule has 1 fully saturated rings. The first kappa shape index (κ1) is 11.5. The lowest BCUT2D eigenvalue weighted by molar-refractivity contribution is -0.138. The van der Waals surface area contributed by atoms with Gasteiger partial charge < -0.3 is 10.0 Å². The van der Waals surface area contributed by atoms with Crippen LogP contribution in [0, 0.1) is 5.92 Å². The van der Waals surface area contributed by atoms with Crippen LogP contribution in [-0.4, -0.2) is 60.6 Å². The molecule has 0 saturated carbocycles. The van der Waals surface area contributed by atoms with Gasteiger partial charge in [-0.15, -0.1) is 0 Å². The van der Waals surface area contributed by atoms with Crippen molar-refractivity contribution >= 4 is 5.97 Å². The van der Waals surface area contributed by atoms with Gasteiger partial charge in [-0.2, -0.15) is 0 Å². The summed E-state index contributed by atoms with van der Waals surface area (Å²) < 4.78 is 0. The van der Waals surface area contributed by atoms with Crippen molar-refractivity contribution in [2.24, 2.45) is 5.92 Å². The second-order valence-electron chi connectivity index (χ2n) is 4.14. The molecular weight excluding hydrogens is 180 g/mol. The molecule has 1 aliphatic rings. The SMILES string of the molecule is CCN(CC(=O)O)C[C@@H]1CCN(C)C1. The van der Waals surface area contributed by atoms with E-state index in [-0.39, 0.29) is 6.54 Å². The quantitative estimate of drug-likeness (QED) is 0.695. The summed E-state index contributed by atoms with van der Waals surface area (Å²) in [6.45, 7) is 6.20. The van der Waals surface area contributed by atoms with Crippen LogP contribution in [-0.2, 0) is 4.79 Å². The van der Waals surface area contributed by atoms with E-state index >= 15 is 0 Å². The van der Waals surface area contributed by atoms with Gasteiger partial charge in [0.05, 0.1) is 6.54 Å². The number of carboxylic acid groups (broad SMARTS) is 1. The summed E-state index contributed by atoms with van der Waals surface area (Å²) >= 11 is 0. The number of nitrogens with zero attached hydrogens (tertiary/aromatic N) is 2. The van der Waals surface area contributed by atoms with Crippen molar-refractivity contribution in [1.82, 2.24) is 9.80 Å². The third kappa shape index (κ3) is 3.64. The molecule has 14 heavy (non-hydrogen) atoms. The zero-order valence-corrected chi connectivity index (χ0v) is 9.07. The van der Waals surface area contributed by atoms with Crippen LogP contribution in [0.1, 0.15) is 13.3 Å². The molecule has 1 rings (SSSR count). The van der Waals surface area contributed by atoms with E-state index in [1.54, 1.807) is 0 Å². The molecule has 1 saturated heterocycles. The normalized spacial score (nSPS) is 23.2. The third-order valence-electron chi connectivity index (χ3n) is 2.81. The van der Waals surface area contributed by atoms with Gasteiger partial charge >= 0.3 is 5.97 Å². The molecule has 1 atom stereocenters. The summed E-state index contributed by atoms with van der Waals surface area (Å²) in [6, 6.07) is 0. The van der Waals surface area contributed by atoms with E-state index in [0.29, 0.717) is 5.92 Å². The van der Waals surface area contributed by atoms with Gasteiger partial charge in [-0.3, -0.25) is 9.69 Å². The van der Waals surface area contributed by atoms with E-state index in [1.165, 1.54) is 6.42 Å². The highest BCUT2D eigenvalue weighted by Crippen LogP contribution is 2.15. The Hall–Kier alpha value is -0.610. The molecule has 0 aromatic carbocycles. The van der Waals surface area contributed by atoms with Crippen LogP contribution in [0.2, 0.25) is 0 Å². The van der Waals surface area contributed by atoms with Crippen LogP contribution < -0.4 is 0 Å². The molecule has 1 aliphatic heterocycles. The minimum atomic E-state index is -0.724. The highest BCUT2D eigenvalue weighted by atomic mass is 16.4. The van der Waals surface area contributed by atoms with Crippen LogP contribution >= 0.6 is 0 Å². The van der Waals surface area contributed by atoms with Crippen LogP contribution in [0.3, 0.4) is 0 Å². The molecule has 0 amide bonds. The zero-order chi connectivity index (χ0) is 10.6. The van der Waals surface area contributed by atoms with Crippen LogP contribution in [0.4, 0.5) is 0 Å². The Morgan fingerprint density at radius 3 is 2.79 bits per heavy atom. The molecule has 0 bridgehead atoms. The topological polar surface area (TPSA) is 43.8 Å². The van der Waals surface area contributed by atoms with E-state index in [9.17, 15) is 4.79 Å². The van der Waals surface area contributed by atoms with Crippen molar-refractivity contribution < 1.29 is 9.90 Å². The lowest BCUT2D eigenvalue weighted by Gasteiger charge is -2.21. The van der Waals surface area contributed by atoms with E-state index in [4.69, 9.17) is 5.11 Å². The van der Waals surface area contributed by atoms with Gasteiger partial charge in [0.2, 0.25) is 0 Å². The van der Waals surface area contributed by atoms with Gasteiger partial charge in [-0.1, -0.05) is 6.92 Å². The summed E-state index contributed by atoms with van der Waals surface area (Å²) in [5.41, 5.74) is 0. The molecule has 0 spiro atoms. The summed E-state index contributed by atoms with van der Waals surface area (Å²) in [5.74, 6) is -0.0718. The van der Waals surface area contributed by atoms with Gasteiger partial charge in [0.15, 0.2) is 0 Å². The molecule has 1 N–H and O–H groups in total. The van der Waals surface area contributed by atoms with Gasteiger partial charge in [-0.25, -0.2) is 0 Å². The van der Waals surface area contributed by atoms with Gasteiger partial charge in [0.1, 0.15) is 0 Å². The smallest absolute Gasteiger partial charge is 0.317 e. The Bertz CT molecular complexity index is 197. The summed E-state index contributed by atoms with van der Waals surface area (Å²) in [4.78, 5) is 14.9. The van der Waals surface area contributed by atoms with Crippen molar-refractivity contribution in [3.05, 3.63) is 0 Å². The fraction of sp³-hybridized carbons (Fsp3) is 0.900. The van der Waals surface area contributed by atoms with Crippen LogP contribution in [0.15, 0.2) is 0 Å². The monoisotopic (exact) mass is 200 g/mol. The maximum absolute atomic E-state index is 10.6. The molecule has 0 unspecified atom stereocenters. The van der Waals surface area contributed by atoms with E-state index in [2.05, 4.69) is 11.9 Å². The Balaban J connectivity index is 2.29. The highest BCUT2D eigenvalue weighted by molar-refractivity contribution is 5.69. The molecule has 0 aromatic rings. The first-order valence-corrected chi connectivity index (χ1v) is 5.24. The fourth-order valence-corrected chi connectivity index (χ4v) is 2.04. The Morgan fingerprint density at radius 1 is 1.64 bits per heavy atom. The molecule has 82 valence electrons. The van der Waals surface area contributed by atoms with Crippen molar-refractivity contribution in [3.63, 3.8) is 0 Å². The summed E-state index contributed by atoms with van der Waals surface area (Å²) in [6.07, 6.45) is 1.20. The number of aliphatic carboxylic acids is 1. The number of rotatable bonds is 5. The number of hydrogen-bond donors (Lipinski definition) is 1. The predicted octanol–water partition coefficient (Wildman–Crippen LogP) is 0.345. The lowest BCUT2D eigenvalue weighted by Crippen LogP contribution is -2.34. The average Bonchev–Trinajstić information content (AvgIpc) is 2.49. The number of likely N-dealkylation sites (N-methyl/N-ethyl adjacent to an activating group) is 1. The summed E-state index contributed by atoms with van der Waals surface area (Å²) in [7, 11) is 2.12. The first-order chi connectivity index (χ1) is 6.61. The van der Waals surface area contributed by atoms with E-state index < -0.39 is 5.97 Å². The Morgan fingerprint density at radius 2 is 2.36 bits per heavy atom. The lowest BCUT2D eigenvalue weighted by atomic mass is 10.1. The minimum Gasteiger partial charge on any atom is -0.480 e. The number of carboxylic acids is 1. The van der Waals surface area contributed by atoms with E-state index in [0.717, 1.165) is 26.2 Å². The largest absolute Gasteiger partial charge is 0.480 e. The maximum atomic E-state index is 10.6. The standard InChI is InChI=1S/C10H20N2O2/c1-3-12(8-10(13)14)7-9-4-5-11(2)6-9/h9H,3-8H2,1-2H3,(H,13,14)/t9-/m1/s1. The Labute approximate surface area is 85.5 Å². The fourth-order valence-electron chi connectivity index (χ4n) is 2.04. The molecule has 0 aromatic heterocycles. The molecule has 0 radical (unpaired) electrons. The first-order valence-electron chi connectivity index (χ1n) is 5.24. The molecule has 4 nitrogen and oxygen atoms in total. The molecule has 4 heteroatoms. The van der Waals surface area contributed by atoms with Gasteiger partial charge in [0.25, 0.3) is 0 Å². The van der Waals surface area contributed by atoms with Crippen LogP contribution in [0.25, 0.3) is 0 Å². The van der Waals surface area contributed by atoms with Crippen molar-refractivity contribution in [1.29, 1.82) is 0 Å². The zero-order valence-electron chi connectivity index (χ0n) is 9.07. The third-order valence-corrected chi connectivity index (χ3v) is 2.81. The van der Waals surface area contributed by atoms with E-state index in [1.807, 2.05) is 11.8 Å². The number of likely N-dealkylation sites (tertiary alicyclic amines) is 1. The number of carbonyl (C=O) groups is 1. The van der Waals surface area contributed by atoms with Crippen molar-refractivity contribution in [3.8, 4) is 0 Å². The van der Waals surface area contributed by atoms with Gasteiger partial charge in [0, 0.05) is 13.1 Å². The van der Waals surface area contributed by atoms with Crippen molar-refractivity contribution in [2.45, 2.75) is 13.3 Å². The van der Waals surface area contributed by atoms with Crippen LogP contribution in [0.5, 0.6) is 0 Å². The second kappa shape index (κ2) is 5.32. The Kier molecular flexibility index (Phi) is 4.35. The van der Waals surface area contributed by atoms with Gasteiger partial charge in [-0.05, 0) is 32.5 Å². The maximum Gasteiger partial charge on any atom is 0.317 e. The predicted molar refractivity (Wildman–Crippen MR) is 55.4 cm³/mol. The molecule has 0 aliphatic carbocycles. The molecular formula is C10H20N2O2. The average molecular weight is 200 g/mol. The second-order valence-corrected chi connectivity index (χ2v) is 4.14. The number of hydrogen-bond acceptors (Lipinski definition) is 3. The van der Waals surface area contributed by atoms with Crippen molar-refractivity contribution in [2.75, 3.05) is 39.8 Å². The summed E-state index contributed by atoms with van der Waals surface area (Å²) in [5, 5.41) is 8.69. The highest BCUT2D eigenvalue weighted by Gasteiger charge is 2.22. The molecule has 1 heterocycles.